The lowest BCUT2D eigenvalue weighted by Gasteiger charge is -2.18. The molecule has 0 amide bonds. The molecule has 0 aliphatic carbocycles. The molecule has 5 aromatic carbocycles. The van der Waals surface area contributed by atoms with Crippen molar-refractivity contribution in [1.82, 2.24) is 29.5 Å². The van der Waals surface area contributed by atoms with Crippen LogP contribution >= 0.6 is 0 Å². The van der Waals surface area contributed by atoms with Gasteiger partial charge in [0.1, 0.15) is 17.9 Å². The third-order valence-corrected chi connectivity index (χ3v) is 12.1. The highest BCUT2D eigenvalue weighted by Crippen LogP contribution is 2.24. The van der Waals surface area contributed by atoms with E-state index in [1.165, 1.54) is 33.5 Å². The zero-order valence-corrected chi connectivity index (χ0v) is 55.0. The summed E-state index contributed by atoms with van der Waals surface area (Å²) in [5.74, 6) is 1.79. The molecular formula is C74H104N8O. The predicted octanol–water partition coefficient (Wildman–Crippen LogP) is 19.2. The summed E-state index contributed by atoms with van der Waals surface area (Å²) in [6.45, 7) is 44.0. The van der Waals surface area contributed by atoms with Crippen LogP contribution in [0.3, 0.4) is 0 Å². The van der Waals surface area contributed by atoms with Gasteiger partial charge in [0.2, 0.25) is 0 Å². The van der Waals surface area contributed by atoms with Gasteiger partial charge in [-0.3, -0.25) is 14.4 Å². The third kappa shape index (κ3) is 36.3. The Bertz CT molecular complexity index is 2670. The van der Waals surface area contributed by atoms with E-state index in [1.54, 1.807) is 41.9 Å². The summed E-state index contributed by atoms with van der Waals surface area (Å²) in [7, 11) is 3.84. The van der Waals surface area contributed by atoms with Crippen molar-refractivity contribution in [1.29, 1.82) is 0 Å². The molecule has 1 aliphatic heterocycles. The van der Waals surface area contributed by atoms with Crippen LogP contribution in [0.4, 0.5) is 0 Å². The summed E-state index contributed by atoms with van der Waals surface area (Å²) in [5.41, 5.74) is 11.9. The van der Waals surface area contributed by atoms with E-state index in [9.17, 15) is 0 Å². The second-order valence-electron chi connectivity index (χ2n) is 25.2. The highest BCUT2D eigenvalue weighted by Gasteiger charge is 2.14. The molecule has 1 aliphatic rings. The standard InChI is InChI=1S/5C10H14.C6H10N2.C5H6N2.C5H6O.2C4H6N2/c5*1-10(2,3)9-7-5-4-6-8-9;1-5-4-6(2)8(3)7-5;1-5-6-3-2-4-7-5;1-5-3-2-4-6-5;1-4-2-5-3-6-4;1-6-4-2-3-5-6/h5*4-8H,1-3H3;4H,1-3H3;2-4H,1H3;2-4H,1H3;3H,2H2,1H3;2-4H,1H3. The third-order valence-electron chi connectivity index (χ3n) is 12.1. The number of aliphatic imine (C=N–C) groups is 2. The van der Waals surface area contributed by atoms with Gasteiger partial charge in [-0.25, -0.2) is 15.0 Å². The van der Waals surface area contributed by atoms with Gasteiger partial charge in [-0.1, -0.05) is 256 Å². The van der Waals surface area contributed by atoms with Crippen LogP contribution in [0.1, 0.15) is 162 Å². The van der Waals surface area contributed by atoms with E-state index < -0.39 is 0 Å². The average molecular weight is 1120 g/mol. The summed E-state index contributed by atoms with van der Waals surface area (Å²) >= 11 is 0. The van der Waals surface area contributed by atoms with Crippen molar-refractivity contribution < 1.29 is 4.42 Å². The zero-order valence-electron chi connectivity index (χ0n) is 55.0. The Morgan fingerprint density at radius 1 is 0.410 bits per heavy atom. The van der Waals surface area contributed by atoms with Gasteiger partial charge in [0.25, 0.3) is 0 Å². The first-order valence-electron chi connectivity index (χ1n) is 28.7. The number of rotatable bonds is 0. The number of hydrogen-bond donors (Lipinski definition) is 0. The van der Waals surface area contributed by atoms with Gasteiger partial charge in [0.05, 0.1) is 18.5 Å². The van der Waals surface area contributed by atoms with Crippen LogP contribution in [0, 0.1) is 27.7 Å². The Kier molecular flexibility index (Phi) is 33.6. The molecule has 9 aromatic rings. The molecule has 0 N–H and O–H groups in total. The van der Waals surface area contributed by atoms with Gasteiger partial charge in [-0.15, -0.1) is 0 Å². The molecule has 0 spiro atoms. The Hall–Kier alpha value is -7.78. The number of aromatic nitrogens is 6. The zero-order chi connectivity index (χ0) is 62.5. The molecule has 0 saturated heterocycles. The summed E-state index contributed by atoms with van der Waals surface area (Å²) in [6, 6.07) is 62.3. The molecule has 0 saturated carbocycles. The maximum absolute atomic E-state index is 4.83. The van der Waals surface area contributed by atoms with Crippen molar-refractivity contribution >= 4 is 12.1 Å². The van der Waals surface area contributed by atoms with Crippen molar-refractivity contribution in [2.75, 3.05) is 6.54 Å². The van der Waals surface area contributed by atoms with Gasteiger partial charge < -0.3 is 4.42 Å². The van der Waals surface area contributed by atoms with Gasteiger partial charge >= 0.3 is 0 Å². The van der Waals surface area contributed by atoms with Crippen LogP contribution in [0.2, 0.25) is 0 Å². The highest BCUT2D eigenvalue weighted by atomic mass is 16.3. The maximum atomic E-state index is 4.83. The van der Waals surface area contributed by atoms with Crippen molar-refractivity contribution in [3.63, 3.8) is 0 Å². The van der Waals surface area contributed by atoms with E-state index >= 15 is 0 Å². The Morgan fingerprint density at radius 3 is 0.867 bits per heavy atom. The molecule has 446 valence electrons. The first kappa shape index (κ1) is 73.2. The lowest BCUT2D eigenvalue weighted by Crippen LogP contribution is -2.10. The smallest absolute Gasteiger partial charge is 0.125 e. The molecule has 0 bridgehead atoms. The monoisotopic (exact) mass is 1120 g/mol. The normalized spacial score (nSPS) is 11.2. The van der Waals surface area contributed by atoms with Gasteiger partial charge in [-0.2, -0.15) is 10.2 Å². The summed E-state index contributed by atoms with van der Waals surface area (Å²) in [6.07, 6.45) is 10.3. The van der Waals surface area contributed by atoms with Crippen molar-refractivity contribution in [2.45, 2.75) is 166 Å². The summed E-state index contributed by atoms with van der Waals surface area (Å²) in [5, 5.41) is 7.96. The van der Waals surface area contributed by atoms with Crippen molar-refractivity contribution in [2.24, 2.45) is 24.1 Å². The van der Waals surface area contributed by atoms with Crippen LogP contribution in [-0.2, 0) is 41.2 Å². The molecule has 0 atom stereocenters. The van der Waals surface area contributed by atoms with Crippen molar-refractivity contribution in [3.8, 4) is 0 Å². The Balaban J connectivity index is 0.000000464. The minimum atomic E-state index is 0.293. The van der Waals surface area contributed by atoms with Gasteiger partial charge in [-0.05, 0) is 120 Å². The molecule has 9 nitrogen and oxygen atoms in total. The lowest BCUT2D eigenvalue weighted by molar-refractivity contribution is 0.534. The van der Waals surface area contributed by atoms with Crippen LogP contribution < -0.4 is 0 Å². The maximum Gasteiger partial charge on any atom is 0.125 e. The van der Waals surface area contributed by atoms with Crippen LogP contribution in [0.15, 0.2) is 227 Å². The largest absolute Gasteiger partial charge is 0.470 e. The number of furan rings is 1. The first-order chi connectivity index (χ1) is 38.8. The Morgan fingerprint density at radius 2 is 0.759 bits per heavy atom. The van der Waals surface area contributed by atoms with Gasteiger partial charge in [0, 0.05) is 50.3 Å². The molecular weight excluding hydrogens is 1020 g/mol. The molecule has 9 heteroatoms. The number of hydrogen-bond acceptors (Lipinski definition) is 7. The molecule has 10 rings (SSSR count). The molecule has 83 heavy (non-hydrogen) atoms. The summed E-state index contributed by atoms with van der Waals surface area (Å²) in [4.78, 5) is 15.4. The van der Waals surface area contributed by atoms with E-state index in [4.69, 9.17) is 4.42 Å². The quantitative estimate of drug-likeness (QED) is 0.151. The minimum Gasteiger partial charge on any atom is -0.470 e. The second-order valence-corrected chi connectivity index (χ2v) is 25.2. The fraction of sp³-hybridized carbons (Fsp3) is 0.378. The predicted molar refractivity (Wildman–Crippen MR) is 358 cm³/mol. The highest BCUT2D eigenvalue weighted by molar-refractivity contribution is 5.94. The van der Waals surface area contributed by atoms with Crippen LogP contribution in [0.25, 0.3) is 0 Å². The molecule has 4 aromatic heterocycles. The van der Waals surface area contributed by atoms with Crippen molar-refractivity contribution in [3.05, 3.63) is 264 Å². The van der Waals surface area contributed by atoms with E-state index in [1.807, 2.05) is 77.8 Å². The van der Waals surface area contributed by atoms with E-state index in [0.29, 0.717) is 27.1 Å². The van der Waals surface area contributed by atoms with E-state index in [-0.39, 0.29) is 0 Å². The van der Waals surface area contributed by atoms with Crippen LogP contribution in [-0.4, -0.2) is 48.1 Å². The van der Waals surface area contributed by atoms with Crippen LogP contribution in [0.5, 0.6) is 0 Å². The topological polar surface area (TPSA) is 99.3 Å². The molecule has 0 radical (unpaired) electrons. The first-order valence-corrected chi connectivity index (χ1v) is 28.7. The number of benzene rings is 5. The fourth-order valence-corrected chi connectivity index (χ4v) is 6.86. The SMILES string of the molecule is CC(C)(C)c1ccccc1.CC(C)(C)c1ccccc1.CC(C)(C)c1ccccc1.CC(C)(C)c1ccccc1.CC(C)(C)c1ccccc1.CC1=NC=NC1.Cc1cc(C)n(C)n1.Cc1ccco1.Cc1ncccn1.Cn1cccn1. The summed E-state index contributed by atoms with van der Waals surface area (Å²) < 4.78 is 8.45. The molecule has 0 unspecified atom stereocenters. The number of aryl methyl sites for hydroxylation is 6. The van der Waals surface area contributed by atoms with Gasteiger partial charge in [0.15, 0.2) is 0 Å². The minimum absolute atomic E-state index is 0.293. The van der Waals surface area contributed by atoms with E-state index in [2.05, 4.69) is 292 Å². The average Bonchev–Trinajstić information content (AvgIpc) is 4.31. The fourth-order valence-electron chi connectivity index (χ4n) is 6.86. The van der Waals surface area contributed by atoms with E-state index in [0.717, 1.165) is 29.5 Å². The lowest BCUT2D eigenvalue weighted by atomic mass is 9.87. The molecule has 5 heterocycles. The number of nitrogens with zero attached hydrogens (tertiary/aromatic N) is 8. The molecule has 0 fully saturated rings. The Labute approximate surface area is 503 Å². The second kappa shape index (κ2) is 38.1.